The fourth-order valence-electron chi connectivity index (χ4n) is 11.5. The van der Waals surface area contributed by atoms with Gasteiger partial charge in [-0.05, 0) is 101 Å². The minimum absolute atomic E-state index is 0.0274. The van der Waals surface area contributed by atoms with Crippen molar-refractivity contribution >= 4 is 45.8 Å². The first-order chi connectivity index (χ1) is 33.5. The smallest absolute Gasteiger partial charge is 0.284 e. The van der Waals surface area contributed by atoms with Gasteiger partial charge in [-0.15, -0.1) is 0 Å². The van der Waals surface area contributed by atoms with Gasteiger partial charge in [-0.1, -0.05) is 24.0 Å². The average molecular weight is 949 g/mol. The Morgan fingerprint density at radius 1 is 0.942 bits per heavy atom. The van der Waals surface area contributed by atoms with E-state index in [-0.39, 0.29) is 54.7 Å². The molecule has 4 saturated heterocycles. The van der Waals surface area contributed by atoms with Crippen LogP contribution in [0.1, 0.15) is 122 Å². The van der Waals surface area contributed by atoms with Gasteiger partial charge in [-0.25, -0.2) is 22.7 Å². The molecular formula is C50H59F3N12O4. The Hall–Kier alpha value is -5.84. The zero-order valence-electron chi connectivity index (χ0n) is 38.9. The monoisotopic (exact) mass is 948 g/mol. The third-order valence-electron chi connectivity index (χ3n) is 15.5. The summed E-state index contributed by atoms with van der Waals surface area (Å²) in [5, 5.41) is 19.5. The number of piperidine rings is 3. The summed E-state index contributed by atoms with van der Waals surface area (Å²) >= 11 is 0. The minimum Gasteiger partial charge on any atom is -0.362 e. The summed E-state index contributed by atoms with van der Waals surface area (Å²) in [5.74, 6) is 7.25. The number of carbonyl (C=O) groups excluding carboxylic acids is 3. The second-order valence-electron chi connectivity index (χ2n) is 20.2. The van der Waals surface area contributed by atoms with Crippen LogP contribution in [0.3, 0.4) is 0 Å². The fraction of sp³-hybridized carbons (Fsp3) is 0.580. The van der Waals surface area contributed by atoms with E-state index in [4.69, 9.17) is 14.8 Å². The first-order valence-corrected chi connectivity index (χ1v) is 24.8. The number of para-hydroxylation sites is 1. The van der Waals surface area contributed by atoms with Gasteiger partial charge in [0.2, 0.25) is 11.8 Å². The van der Waals surface area contributed by atoms with Crippen LogP contribution in [-0.2, 0) is 14.3 Å². The lowest BCUT2D eigenvalue weighted by Crippen LogP contribution is -2.50. The molecule has 1 aromatic carbocycles. The number of aromatic nitrogens is 7. The third kappa shape index (κ3) is 9.47. The SMILES string of the molecule is CN1CC(C2CCN(c3ccn4ncc(C(=O)Nc5cn(C6CCC(CN7CC[C@H](OCC#Cc8cccc9c(C%10CCC(=O)NC%10=O)nn(C%10CC%10)c89)[C@H](F)C7)CC6)nc5C(F)F)c4n3)CC2)C1. The summed E-state index contributed by atoms with van der Waals surface area (Å²) in [5.41, 5.74) is 2.38. The van der Waals surface area contributed by atoms with E-state index in [0.29, 0.717) is 42.6 Å². The standard InChI is InChI=1S/C50H59F3N12O4/c1-60-26-33(27-60)31-15-20-62(21-16-31)42-18-22-63-48(56-42)38(24-54-63)50(68)55-40-29-64(58-45(40)47(52)53)34-9-7-30(8-10-34)25-61-19-17-41(39(51)28-61)69-23-3-5-32-4-2-6-36-44(37-13-14-43(66)57-49(37)67)59-65(46(32)36)35-11-12-35/h2,4,6,18,22,24,29-31,33-35,37,39,41,47H,7-17,19-21,23,25-28H2,1H3,(H,55,68)(H,57,66,67)/t30?,34?,37?,39-,41+/m1/s1. The molecule has 11 rings (SSSR count). The van der Waals surface area contributed by atoms with E-state index in [1.165, 1.54) is 16.9 Å². The molecule has 8 heterocycles. The Morgan fingerprint density at radius 3 is 2.48 bits per heavy atom. The molecule has 364 valence electrons. The van der Waals surface area contributed by atoms with Crippen molar-refractivity contribution < 1.29 is 32.3 Å². The van der Waals surface area contributed by atoms with E-state index < -0.39 is 36.2 Å². The van der Waals surface area contributed by atoms with E-state index in [0.717, 1.165) is 112 Å². The molecule has 4 aromatic heterocycles. The lowest BCUT2D eigenvalue weighted by Gasteiger charge is -2.44. The number of benzene rings is 1. The van der Waals surface area contributed by atoms with Crippen molar-refractivity contribution in [1.29, 1.82) is 0 Å². The van der Waals surface area contributed by atoms with Crippen molar-refractivity contribution in [3.8, 4) is 11.8 Å². The number of halogens is 3. The Labute approximate surface area is 398 Å². The number of alkyl halides is 3. The van der Waals surface area contributed by atoms with E-state index in [9.17, 15) is 23.2 Å². The van der Waals surface area contributed by atoms with Gasteiger partial charge in [0.15, 0.2) is 11.3 Å². The average Bonchev–Trinajstić information content (AvgIpc) is 3.76. The molecule has 1 unspecified atom stereocenters. The van der Waals surface area contributed by atoms with Crippen LogP contribution in [0.15, 0.2) is 42.9 Å². The van der Waals surface area contributed by atoms with Gasteiger partial charge >= 0.3 is 0 Å². The van der Waals surface area contributed by atoms with Gasteiger partial charge in [-0.3, -0.25) is 34.0 Å². The second-order valence-corrected chi connectivity index (χ2v) is 20.2. The number of nitrogens with zero attached hydrogens (tertiary/aromatic N) is 10. The Bertz CT molecular complexity index is 2790. The fourth-order valence-corrected chi connectivity index (χ4v) is 11.5. The van der Waals surface area contributed by atoms with E-state index in [1.54, 1.807) is 10.9 Å². The van der Waals surface area contributed by atoms with Gasteiger partial charge in [0.25, 0.3) is 12.3 Å². The van der Waals surface area contributed by atoms with Crippen LogP contribution in [0.4, 0.5) is 24.7 Å². The second kappa shape index (κ2) is 19.2. The van der Waals surface area contributed by atoms with Crippen LogP contribution in [0.5, 0.6) is 0 Å². The zero-order valence-corrected chi connectivity index (χ0v) is 38.9. The molecule has 5 aromatic rings. The van der Waals surface area contributed by atoms with Crippen molar-refractivity contribution in [1.82, 2.24) is 49.3 Å². The normalized spacial score (nSPS) is 25.5. The molecule has 3 amide bonds. The van der Waals surface area contributed by atoms with Crippen molar-refractivity contribution in [3.05, 3.63) is 65.4 Å². The van der Waals surface area contributed by atoms with Crippen LogP contribution in [-0.4, -0.2) is 133 Å². The highest BCUT2D eigenvalue weighted by molar-refractivity contribution is 6.08. The van der Waals surface area contributed by atoms with Crippen molar-refractivity contribution in [2.24, 2.45) is 17.8 Å². The van der Waals surface area contributed by atoms with Crippen LogP contribution in [0, 0.1) is 29.6 Å². The van der Waals surface area contributed by atoms with Crippen molar-refractivity contribution in [2.75, 3.05) is 69.7 Å². The molecule has 2 saturated carbocycles. The number of carbonyl (C=O) groups is 3. The topological polar surface area (TPSA) is 160 Å². The predicted molar refractivity (Wildman–Crippen MR) is 251 cm³/mol. The molecule has 16 nitrogen and oxygen atoms in total. The number of likely N-dealkylation sites (tertiary alicyclic amines) is 2. The third-order valence-corrected chi connectivity index (χ3v) is 15.5. The summed E-state index contributed by atoms with van der Waals surface area (Å²) in [6.45, 7) is 5.88. The van der Waals surface area contributed by atoms with Crippen LogP contribution < -0.4 is 15.5 Å². The summed E-state index contributed by atoms with van der Waals surface area (Å²) in [7, 11) is 2.16. The molecular weight excluding hydrogens is 890 g/mol. The minimum atomic E-state index is -2.89. The molecule has 19 heteroatoms. The van der Waals surface area contributed by atoms with E-state index in [2.05, 4.69) is 54.4 Å². The molecule has 0 radical (unpaired) electrons. The quantitative estimate of drug-likeness (QED) is 0.107. The first-order valence-electron chi connectivity index (χ1n) is 24.8. The lowest BCUT2D eigenvalue weighted by atomic mass is 9.80. The highest BCUT2D eigenvalue weighted by Crippen LogP contribution is 2.41. The number of rotatable bonds is 12. The molecule has 4 aliphatic heterocycles. The van der Waals surface area contributed by atoms with Crippen molar-refractivity contribution in [3.63, 3.8) is 0 Å². The molecule has 69 heavy (non-hydrogen) atoms. The van der Waals surface area contributed by atoms with Crippen LogP contribution in [0.25, 0.3) is 16.6 Å². The van der Waals surface area contributed by atoms with Gasteiger partial charge in [-0.2, -0.15) is 15.3 Å². The first kappa shape index (κ1) is 45.6. The number of amides is 3. The number of ether oxygens (including phenoxy) is 1. The molecule has 0 bridgehead atoms. The van der Waals surface area contributed by atoms with Crippen molar-refractivity contribution in [2.45, 2.75) is 107 Å². The van der Waals surface area contributed by atoms with Crippen LogP contribution >= 0.6 is 0 Å². The number of hydrogen-bond donors (Lipinski definition) is 2. The maximum atomic E-state index is 15.6. The summed E-state index contributed by atoms with van der Waals surface area (Å²) in [6.07, 6.45) is 8.66. The Kier molecular flexibility index (Phi) is 12.7. The number of anilines is 2. The Balaban J connectivity index is 0.659. The molecule has 6 aliphatic rings. The summed E-state index contributed by atoms with van der Waals surface area (Å²) in [4.78, 5) is 49.8. The molecule has 6 fully saturated rings. The molecule has 2 N–H and O–H groups in total. The molecule has 2 aliphatic carbocycles. The highest BCUT2D eigenvalue weighted by Gasteiger charge is 2.37. The Morgan fingerprint density at radius 2 is 1.74 bits per heavy atom. The number of nitrogens with one attached hydrogen (secondary N) is 2. The number of fused-ring (bicyclic) bond motifs is 2. The summed E-state index contributed by atoms with van der Waals surface area (Å²) in [6, 6.07) is 7.82. The maximum absolute atomic E-state index is 15.6. The number of imide groups is 1. The van der Waals surface area contributed by atoms with E-state index >= 15 is 4.39 Å². The lowest BCUT2D eigenvalue weighted by molar-refractivity contribution is -0.134. The van der Waals surface area contributed by atoms with Gasteiger partial charge in [0.1, 0.15) is 24.2 Å². The van der Waals surface area contributed by atoms with Gasteiger partial charge < -0.3 is 19.9 Å². The molecule has 0 spiro atoms. The van der Waals surface area contributed by atoms with Gasteiger partial charge in [0.05, 0.1) is 52.8 Å². The largest absolute Gasteiger partial charge is 0.362 e. The summed E-state index contributed by atoms with van der Waals surface area (Å²) < 4.78 is 55.5. The zero-order chi connectivity index (χ0) is 47.3. The van der Waals surface area contributed by atoms with E-state index in [1.807, 2.05) is 28.9 Å². The number of hydrogen-bond acceptors (Lipinski definition) is 11. The van der Waals surface area contributed by atoms with Gasteiger partial charge in [0, 0.05) is 70.0 Å². The molecule has 3 atom stereocenters. The predicted octanol–water partition coefficient (Wildman–Crippen LogP) is 6.31. The maximum Gasteiger partial charge on any atom is 0.284 e. The van der Waals surface area contributed by atoms with Crippen LogP contribution in [0.2, 0.25) is 0 Å². The highest BCUT2D eigenvalue weighted by atomic mass is 19.3.